The molecule has 1 aromatic carbocycles. The standard InChI is InChI=1S/C23H31F3N6O/c1-2-19(27)14-3-6-17(7-4-14)32-11-16(12-32)31-21(33)10-28-22-18-9-15(23(24,25)26)5-8-20(18)29-13-30-22/h5,8-9,13-14,16-17,19H,2-4,6-7,10-12,27H2,1H3,(H,31,33)(H,28,29,30)/t14-,17+,19?. The van der Waals surface area contributed by atoms with Gasteiger partial charge in [0.2, 0.25) is 5.91 Å². The highest BCUT2D eigenvalue weighted by atomic mass is 19.4. The highest BCUT2D eigenvalue weighted by Crippen LogP contribution is 2.33. The maximum atomic E-state index is 13.1. The van der Waals surface area contributed by atoms with Crippen molar-refractivity contribution in [1.29, 1.82) is 0 Å². The van der Waals surface area contributed by atoms with Crippen molar-refractivity contribution in [3.05, 3.63) is 30.1 Å². The SMILES string of the molecule is CCC(N)[C@H]1CC[C@@H](N2CC(NC(=O)CNc3ncnc4ccc(C(F)(F)F)cc34)C2)CC1. The van der Waals surface area contributed by atoms with E-state index in [4.69, 9.17) is 5.73 Å². The average Bonchev–Trinajstić information content (AvgIpc) is 2.78. The maximum absolute atomic E-state index is 13.1. The van der Waals surface area contributed by atoms with Crippen LogP contribution in [0.4, 0.5) is 19.0 Å². The van der Waals surface area contributed by atoms with Crippen molar-refractivity contribution in [2.75, 3.05) is 25.0 Å². The minimum absolute atomic E-state index is 0.0706. The van der Waals surface area contributed by atoms with Crippen molar-refractivity contribution >= 4 is 22.6 Å². The molecule has 1 aliphatic heterocycles. The maximum Gasteiger partial charge on any atom is 0.416 e. The van der Waals surface area contributed by atoms with Gasteiger partial charge < -0.3 is 16.4 Å². The number of nitrogens with two attached hydrogens (primary N) is 1. The predicted molar refractivity (Wildman–Crippen MR) is 121 cm³/mol. The van der Waals surface area contributed by atoms with Gasteiger partial charge in [-0.25, -0.2) is 9.97 Å². The number of alkyl halides is 3. The zero-order chi connectivity index (χ0) is 23.6. The fraction of sp³-hybridized carbons (Fsp3) is 0.609. The lowest BCUT2D eigenvalue weighted by Gasteiger charge is -2.47. The largest absolute Gasteiger partial charge is 0.416 e. The van der Waals surface area contributed by atoms with Gasteiger partial charge in [0.25, 0.3) is 0 Å². The second kappa shape index (κ2) is 9.80. The first kappa shape index (κ1) is 23.7. The molecule has 10 heteroatoms. The van der Waals surface area contributed by atoms with Gasteiger partial charge >= 0.3 is 6.18 Å². The minimum Gasteiger partial charge on any atom is -0.360 e. The van der Waals surface area contributed by atoms with Crippen LogP contribution in [0.3, 0.4) is 0 Å². The zero-order valence-corrected chi connectivity index (χ0v) is 18.7. The minimum atomic E-state index is -4.46. The summed E-state index contributed by atoms with van der Waals surface area (Å²) in [4.78, 5) is 22.8. The summed E-state index contributed by atoms with van der Waals surface area (Å²) in [6, 6.07) is 4.24. The van der Waals surface area contributed by atoms with E-state index in [1.807, 2.05) is 0 Å². The number of carbonyl (C=O) groups is 1. The second-order valence-electron chi connectivity index (χ2n) is 9.16. The first-order valence-electron chi connectivity index (χ1n) is 11.6. The number of amides is 1. The van der Waals surface area contributed by atoms with Crippen molar-refractivity contribution in [3.63, 3.8) is 0 Å². The lowest BCUT2D eigenvalue weighted by molar-refractivity contribution is -0.137. The van der Waals surface area contributed by atoms with Crippen LogP contribution in [0.15, 0.2) is 24.5 Å². The lowest BCUT2D eigenvalue weighted by atomic mass is 9.79. The average molecular weight is 465 g/mol. The van der Waals surface area contributed by atoms with Gasteiger partial charge in [-0.05, 0) is 56.2 Å². The van der Waals surface area contributed by atoms with Crippen molar-refractivity contribution in [2.24, 2.45) is 11.7 Å². The van der Waals surface area contributed by atoms with E-state index in [1.165, 1.54) is 25.2 Å². The van der Waals surface area contributed by atoms with E-state index in [0.29, 0.717) is 23.5 Å². The number of rotatable bonds is 7. The number of halogens is 3. The highest BCUT2D eigenvalue weighted by molar-refractivity contribution is 5.91. The molecular weight excluding hydrogens is 433 g/mol. The topological polar surface area (TPSA) is 96.2 Å². The van der Waals surface area contributed by atoms with Crippen LogP contribution in [0.2, 0.25) is 0 Å². The summed E-state index contributed by atoms with van der Waals surface area (Å²) >= 11 is 0. The number of benzene rings is 1. The Labute approximate surface area is 191 Å². The lowest BCUT2D eigenvalue weighted by Crippen LogP contribution is -2.63. The smallest absolute Gasteiger partial charge is 0.360 e. The summed E-state index contributed by atoms with van der Waals surface area (Å²) in [6.07, 6.45) is 2.47. The number of carbonyl (C=O) groups excluding carboxylic acids is 1. The number of nitrogens with one attached hydrogen (secondary N) is 2. The summed E-state index contributed by atoms with van der Waals surface area (Å²) in [5, 5.41) is 6.08. The summed E-state index contributed by atoms with van der Waals surface area (Å²) in [7, 11) is 0. The van der Waals surface area contributed by atoms with E-state index in [0.717, 1.165) is 44.5 Å². The first-order chi connectivity index (χ1) is 15.7. The molecule has 7 nitrogen and oxygen atoms in total. The van der Waals surface area contributed by atoms with E-state index in [2.05, 4.69) is 32.4 Å². The van der Waals surface area contributed by atoms with Crippen LogP contribution >= 0.6 is 0 Å². The van der Waals surface area contributed by atoms with E-state index in [1.54, 1.807) is 0 Å². The first-order valence-corrected chi connectivity index (χ1v) is 11.6. The molecule has 2 aromatic rings. The van der Waals surface area contributed by atoms with Crippen molar-refractivity contribution in [2.45, 2.75) is 63.3 Å². The van der Waals surface area contributed by atoms with Gasteiger partial charge in [0.1, 0.15) is 12.1 Å². The fourth-order valence-corrected chi connectivity index (χ4v) is 4.95. The number of fused-ring (bicyclic) bond motifs is 1. The van der Waals surface area contributed by atoms with E-state index in [-0.39, 0.29) is 29.7 Å². The Hall–Kier alpha value is -2.46. The molecule has 1 aromatic heterocycles. The molecule has 1 atom stereocenters. The second-order valence-corrected chi connectivity index (χ2v) is 9.16. The summed E-state index contributed by atoms with van der Waals surface area (Å²) in [5.74, 6) is 0.619. The molecule has 2 heterocycles. The normalized spacial score (nSPS) is 23.2. The monoisotopic (exact) mass is 464 g/mol. The van der Waals surface area contributed by atoms with Crippen LogP contribution in [0.5, 0.6) is 0 Å². The molecule has 0 radical (unpaired) electrons. The number of likely N-dealkylation sites (tertiary alicyclic amines) is 1. The molecule has 0 spiro atoms. The molecule has 2 fully saturated rings. The zero-order valence-electron chi connectivity index (χ0n) is 18.7. The molecule has 4 N–H and O–H groups in total. The van der Waals surface area contributed by atoms with E-state index < -0.39 is 11.7 Å². The third-order valence-electron chi connectivity index (χ3n) is 6.99. The van der Waals surface area contributed by atoms with Crippen LogP contribution in [-0.4, -0.2) is 58.5 Å². The van der Waals surface area contributed by atoms with Gasteiger partial charge in [-0.2, -0.15) is 13.2 Å². The molecule has 1 saturated carbocycles. The van der Waals surface area contributed by atoms with Gasteiger partial charge in [-0.15, -0.1) is 0 Å². The van der Waals surface area contributed by atoms with Crippen LogP contribution in [0.1, 0.15) is 44.6 Å². The Balaban J connectivity index is 1.24. The summed E-state index contributed by atoms with van der Waals surface area (Å²) < 4.78 is 39.2. The molecule has 1 saturated heterocycles. The Bertz CT molecular complexity index is 970. The van der Waals surface area contributed by atoms with Crippen LogP contribution in [0, 0.1) is 5.92 Å². The molecule has 2 aliphatic rings. The van der Waals surface area contributed by atoms with E-state index >= 15 is 0 Å². The number of hydrogen-bond acceptors (Lipinski definition) is 6. The quantitative estimate of drug-likeness (QED) is 0.583. The fourth-order valence-electron chi connectivity index (χ4n) is 4.95. The molecule has 1 amide bonds. The molecule has 0 bridgehead atoms. The molecule has 33 heavy (non-hydrogen) atoms. The van der Waals surface area contributed by atoms with Crippen molar-refractivity contribution in [1.82, 2.24) is 20.2 Å². The van der Waals surface area contributed by atoms with Crippen LogP contribution in [-0.2, 0) is 11.0 Å². The van der Waals surface area contributed by atoms with E-state index in [9.17, 15) is 18.0 Å². The number of aromatic nitrogens is 2. The van der Waals surface area contributed by atoms with Gasteiger partial charge in [0.05, 0.1) is 23.7 Å². The Morgan fingerprint density at radius 3 is 2.61 bits per heavy atom. The molecule has 180 valence electrons. The molecular formula is C23H31F3N6O. The number of anilines is 1. The predicted octanol–water partition coefficient (Wildman–Crippen LogP) is 3.16. The Morgan fingerprint density at radius 1 is 1.21 bits per heavy atom. The van der Waals surface area contributed by atoms with Gasteiger partial charge in [-0.1, -0.05) is 6.92 Å². The third kappa shape index (κ3) is 5.55. The Morgan fingerprint density at radius 2 is 1.94 bits per heavy atom. The van der Waals surface area contributed by atoms with Gasteiger partial charge in [0.15, 0.2) is 0 Å². The van der Waals surface area contributed by atoms with Gasteiger partial charge in [-0.3, -0.25) is 9.69 Å². The van der Waals surface area contributed by atoms with Crippen molar-refractivity contribution in [3.8, 4) is 0 Å². The van der Waals surface area contributed by atoms with Crippen LogP contribution < -0.4 is 16.4 Å². The summed E-state index contributed by atoms with van der Waals surface area (Å²) in [5.41, 5.74) is 5.79. The van der Waals surface area contributed by atoms with Crippen molar-refractivity contribution < 1.29 is 18.0 Å². The van der Waals surface area contributed by atoms with Gasteiger partial charge in [0, 0.05) is 30.6 Å². The third-order valence-corrected chi connectivity index (χ3v) is 6.99. The molecule has 1 unspecified atom stereocenters. The summed E-state index contributed by atoms with van der Waals surface area (Å²) in [6.45, 7) is 3.72. The highest BCUT2D eigenvalue weighted by Gasteiger charge is 2.36. The molecule has 1 aliphatic carbocycles. The number of hydrogen-bond donors (Lipinski definition) is 3. The van der Waals surface area contributed by atoms with Crippen LogP contribution in [0.25, 0.3) is 10.9 Å². The molecule has 4 rings (SSSR count). The Kier molecular flexibility index (Phi) is 7.04. The number of nitrogens with zero attached hydrogens (tertiary/aromatic N) is 3.